The van der Waals surface area contributed by atoms with E-state index in [2.05, 4.69) is 19.2 Å². The largest absolute Gasteiger partial charge is 0.338 e. The summed E-state index contributed by atoms with van der Waals surface area (Å²) in [6.45, 7) is 7.37. The van der Waals surface area contributed by atoms with E-state index in [1.165, 1.54) is 0 Å². The minimum atomic E-state index is -1.36. The van der Waals surface area contributed by atoms with Crippen molar-refractivity contribution in [2.24, 2.45) is 0 Å². The van der Waals surface area contributed by atoms with Crippen LogP contribution in [0, 0.1) is 0 Å². The second-order valence-corrected chi connectivity index (χ2v) is 6.83. The topological polar surface area (TPSA) is 32.3 Å². The van der Waals surface area contributed by atoms with Crippen molar-refractivity contribution in [1.82, 2.24) is 10.2 Å². The normalized spacial score (nSPS) is 23.7. The van der Waals surface area contributed by atoms with Crippen LogP contribution in [0.4, 0.5) is 4.39 Å². The quantitative estimate of drug-likeness (QED) is 0.928. The van der Waals surface area contributed by atoms with Gasteiger partial charge in [0.2, 0.25) is 5.91 Å². The van der Waals surface area contributed by atoms with Crippen molar-refractivity contribution < 1.29 is 9.18 Å². The van der Waals surface area contributed by atoms with Crippen molar-refractivity contribution in [1.29, 1.82) is 0 Å². The third-order valence-electron chi connectivity index (χ3n) is 4.07. The minimum Gasteiger partial charge on any atom is -0.338 e. The number of carbonyl (C=O) groups excluding carboxylic acids is 1. The molecule has 0 aliphatic carbocycles. The van der Waals surface area contributed by atoms with Crippen LogP contribution in [0.25, 0.3) is 0 Å². The molecule has 21 heavy (non-hydrogen) atoms. The molecule has 0 radical (unpaired) electrons. The van der Waals surface area contributed by atoms with Crippen LogP contribution in [-0.2, 0) is 10.2 Å². The van der Waals surface area contributed by atoms with Crippen LogP contribution in [0.3, 0.4) is 0 Å². The predicted octanol–water partition coefficient (Wildman–Crippen LogP) is 2.51. The standard InChI is InChI=1S/C17H25FN2O/c1-16(2,14-7-5-4-6-8-14)11-15(21)20-10-9-19-12-17(3,18)13-20/h4-8,19H,9-13H2,1-3H3. The van der Waals surface area contributed by atoms with Gasteiger partial charge in [-0.25, -0.2) is 4.39 Å². The van der Waals surface area contributed by atoms with Gasteiger partial charge in [-0.2, -0.15) is 0 Å². The zero-order chi connectivity index (χ0) is 15.5. The molecule has 2 rings (SSSR count). The molecular formula is C17H25FN2O. The number of hydrogen-bond donors (Lipinski definition) is 1. The Balaban J connectivity index is 2.06. The molecule has 1 atom stereocenters. The Morgan fingerprint density at radius 3 is 2.71 bits per heavy atom. The molecular weight excluding hydrogens is 267 g/mol. The first-order valence-electron chi connectivity index (χ1n) is 7.53. The molecule has 1 aliphatic rings. The Bertz CT molecular complexity index is 485. The molecule has 0 saturated carbocycles. The summed E-state index contributed by atoms with van der Waals surface area (Å²) in [4.78, 5) is 14.2. The highest BCUT2D eigenvalue weighted by atomic mass is 19.1. The number of hydrogen-bond acceptors (Lipinski definition) is 2. The fourth-order valence-electron chi connectivity index (χ4n) is 2.79. The molecule has 1 aromatic rings. The van der Waals surface area contributed by atoms with E-state index >= 15 is 0 Å². The summed E-state index contributed by atoms with van der Waals surface area (Å²) in [7, 11) is 0. The number of benzene rings is 1. The molecule has 1 aromatic carbocycles. The average Bonchev–Trinajstić information content (AvgIpc) is 2.60. The van der Waals surface area contributed by atoms with Gasteiger partial charge >= 0.3 is 0 Å². The summed E-state index contributed by atoms with van der Waals surface area (Å²) in [6, 6.07) is 10.0. The van der Waals surface area contributed by atoms with E-state index in [0.29, 0.717) is 26.1 Å². The fraction of sp³-hybridized carbons (Fsp3) is 0.588. The molecule has 1 heterocycles. The highest BCUT2D eigenvalue weighted by molar-refractivity contribution is 5.78. The smallest absolute Gasteiger partial charge is 0.223 e. The number of nitrogens with one attached hydrogen (secondary N) is 1. The van der Waals surface area contributed by atoms with Crippen LogP contribution < -0.4 is 5.32 Å². The van der Waals surface area contributed by atoms with E-state index < -0.39 is 5.67 Å². The maximum atomic E-state index is 14.2. The lowest BCUT2D eigenvalue weighted by Crippen LogP contribution is -2.43. The lowest BCUT2D eigenvalue weighted by molar-refractivity contribution is -0.133. The number of rotatable bonds is 3. The molecule has 1 saturated heterocycles. The summed E-state index contributed by atoms with van der Waals surface area (Å²) >= 11 is 0. The molecule has 116 valence electrons. The Hall–Kier alpha value is -1.42. The summed E-state index contributed by atoms with van der Waals surface area (Å²) in [6.07, 6.45) is 0.396. The minimum absolute atomic E-state index is 0.0245. The van der Waals surface area contributed by atoms with Gasteiger partial charge in [-0.05, 0) is 17.9 Å². The first-order chi connectivity index (χ1) is 9.80. The first-order valence-corrected chi connectivity index (χ1v) is 7.53. The summed E-state index contributed by atoms with van der Waals surface area (Å²) in [5.41, 5.74) is -0.470. The van der Waals surface area contributed by atoms with Gasteiger partial charge in [0, 0.05) is 26.1 Å². The second kappa shape index (κ2) is 6.14. The van der Waals surface area contributed by atoms with Gasteiger partial charge in [-0.15, -0.1) is 0 Å². The zero-order valence-corrected chi connectivity index (χ0v) is 13.2. The lowest BCUT2D eigenvalue weighted by Gasteiger charge is -2.31. The monoisotopic (exact) mass is 292 g/mol. The van der Waals surface area contributed by atoms with E-state index in [9.17, 15) is 9.18 Å². The van der Waals surface area contributed by atoms with Crippen LogP contribution in [0.2, 0.25) is 0 Å². The van der Waals surface area contributed by atoms with Gasteiger partial charge in [-0.3, -0.25) is 4.79 Å². The summed E-state index contributed by atoms with van der Waals surface area (Å²) in [5.74, 6) is 0.0245. The van der Waals surface area contributed by atoms with Crippen molar-refractivity contribution >= 4 is 5.91 Å². The van der Waals surface area contributed by atoms with Crippen molar-refractivity contribution in [3.05, 3.63) is 35.9 Å². The molecule has 0 aromatic heterocycles. The summed E-state index contributed by atoms with van der Waals surface area (Å²) in [5, 5.41) is 3.05. The van der Waals surface area contributed by atoms with E-state index in [1.54, 1.807) is 11.8 Å². The van der Waals surface area contributed by atoms with Gasteiger partial charge in [0.25, 0.3) is 0 Å². The molecule has 3 nitrogen and oxygen atoms in total. The SMILES string of the molecule is CC1(F)CNCCN(C(=O)CC(C)(C)c2ccccc2)C1. The van der Waals surface area contributed by atoms with Gasteiger partial charge in [0.1, 0.15) is 5.67 Å². The van der Waals surface area contributed by atoms with Crippen molar-refractivity contribution in [3.8, 4) is 0 Å². The zero-order valence-electron chi connectivity index (χ0n) is 13.2. The van der Waals surface area contributed by atoms with Crippen LogP contribution in [-0.4, -0.2) is 42.7 Å². The summed E-state index contributed by atoms with van der Waals surface area (Å²) < 4.78 is 14.2. The highest BCUT2D eigenvalue weighted by Crippen LogP contribution is 2.28. The molecule has 0 bridgehead atoms. The number of nitrogens with zero attached hydrogens (tertiary/aromatic N) is 1. The van der Waals surface area contributed by atoms with Gasteiger partial charge in [0.15, 0.2) is 0 Å². The van der Waals surface area contributed by atoms with Gasteiger partial charge in [-0.1, -0.05) is 44.2 Å². The van der Waals surface area contributed by atoms with E-state index in [0.717, 1.165) is 5.56 Å². The lowest BCUT2D eigenvalue weighted by atomic mass is 9.81. The number of alkyl halides is 1. The first kappa shape index (κ1) is 16.0. The van der Waals surface area contributed by atoms with Crippen molar-refractivity contribution in [3.63, 3.8) is 0 Å². The molecule has 1 amide bonds. The number of amides is 1. The van der Waals surface area contributed by atoms with E-state index in [4.69, 9.17) is 0 Å². The Morgan fingerprint density at radius 2 is 2.05 bits per heavy atom. The fourth-order valence-corrected chi connectivity index (χ4v) is 2.79. The Kier molecular flexibility index (Phi) is 4.67. The second-order valence-electron chi connectivity index (χ2n) is 6.83. The molecule has 4 heteroatoms. The van der Waals surface area contributed by atoms with Crippen molar-refractivity contribution in [2.75, 3.05) is 26.2 Å². The molecule has 1 aliphatic heterocycles. The van der Waals surface area contributed by atoms with Crippen LogP contribution >= 0.6 is 0 Å². The van der Waals surface area contributed by atoms with Crippen molar-refractivity contribution in [2.45, 2.75) is 38.3 Å². The molecule has 0 spiro atoms. The Labute approximate surface area is 126 Å². The molecule has 1 fully saturated rings. The van der Waals surface area contributed by atoms with Gasteiger partial charge in [0.05, 0.1) is 6.54 Å². The highest BCUT2D eigenvalue weighted by Gasteiger charge is 2.33. The maximum Gasteiger partial charge on any atom is 0.223 e. The van der Waals surface area contributed by atoms with E-state index in [-0.39, 0.29) is 17.9 Å². The Morgan fingerprint density at radius 1 is 1.38 bits per heavy atom. The van der Waals surface area contributed by atoms with E-state index in [1.807, 2.05) is 30.3 Å². The third kappa shape index (κ3) is 4.27. The molecule has 1 N–H and O–H groups in total. The van der Waals surface area contributed by atoms with Crippen LogP contribution in [0.5, 0.6) is 0 Å². The average molecular weight is 292 g/mol. The number of carbonyl (C=O) groups is 1. The third-order valence-corrected chi connectivity index (χ3v) is 4.07. The number of halogens is 1. The molecule has 1 unspecified atom stereocenters. The van der Waals surface area contributed by atoms with Gasteiger partial charge < -0.3 is 10.2 Å². The predicted molar refractivity (Wildman–Crippen MR) is 83.0 cm³/mol. The maximum absolute atomic E-state index is 14.2. The van der Waals surface area contributed by atoms with Crippen LogP contribution in [0.1, 0.15) is 32.8 Å². The van der Waals surface area contributed by atoms with Crippen LogP contribution in [0.15, 0.2) is 30.3 Å².